The van der Waals surface area contributed by atoms with Gasteiger partial charge in [-0.15, -0.1) is 0 Å². The molecule has 0 radical (unpaired) electrons. The van der Waals surface area contributed by atoms with E-state index in [0.717, 1.165) is 63.7 Å². The van der Waals surface area contributed by atoms with Gasteiger partial charge in [0.2, 0.25) is 5.91 Å². The smallest absolute Gasteiger partial charge is 0.234 e. The fourth-order valence-corrected chi connectivity index (χ4v) is 4.58. The van der Waals surface area contributed by atoms with Crippen molar-refractivity contribution in [2.75, 3.05) is 39.4 Å². The van der Waals surface area contributed by atoms with Gasteiger partial charge in [-0.05, 0) is 50.0 Å². The lowest BCUT2D eigenvalue weighted by atomic mass is 9.89. The number of piperazine rings is 1. The lowest BCUT2D eigenvalue weighted by Gasteiger charge is -2.49. The van der Waals surface area contributed by atoms with Crippen LogP contribution in [0.15, 0.2) is 24.3 Å². The van der Waals surface area contributed by atoms with E-state index in [9.17, 15) is 4.79 Å². The molecule has 1 spiro atoms. The predicted molar refractivity (Wildman–Crippen MR) is 97.6 cm³/mol. The first-order valence-electron chi connectivity index (χ1n) is 9.23. The number of likely N-dealkylation sites (tertiary alicyclic amines) is 1. The zero-order chi connectivity index (χ0) is 17.3. The number of amides is 1. The van der Waals surface area contributed by atoms with Crippen LogP contribution in [0.25, 0.3) is 0 Å². The molecule has 0 saturated carbocycles. The van der Waals surface area contributed by atoms with E-state index in [1.54, 1.807) is 0 Å². The van der Waals surface area contributed by atoms with Crippen molar-refractivity contribution in [3.05, 3.63) is 34.9 Å². The fraction of sp³-hybridized carbons (Fsp3) is 0.632. The summed E-state index contributed by atoms with van der Waals surface area (Å²) in [5.41, 5.74) is 1.33. The first kappa shape index (κ1) is 17.3. The Morgan fingerprint density at radius 1 is 1.24 bits per heavy atom. The molecule has 1 N–H and O–H groups in total. The van der Waals surface area contributed by atoms with Crippen molar-refractivity contribution in [3.8, 4) is 0 Å². The monoisotopic (exact) mass is 363 g/mol. The second-order valence-corrected chi connectivity index (χ2v) is 8.00. The van der Waals surface area contributed by atoms with Gasteiger partial charge < -0.3 is 10.1 Å². The number of nitrogens with one attached hydrogen (secondary N) is 1. The third-order valence-electron chi connectivity index (χ3n) is 5.94. The van der Waals surface area contributed by atoms with Crippen molar-refractivity contribution >= 4 is 17.5 Å². The van der Waals surface area contributed by atoms with Crippen LogP contribution >= 0.6 is 11.6 Å². The molecular weight excluding hydrogens is 338 g/mol. The Bertz CT molecular complexity index is 608. The molecule has 3 fully saturated rings. The summed E-state index contributed by atoms with van der Waals surface area (Å²) in [6.07, 6.45) is 3.25. The number of nitrogens with zero attached hydrogens (tertiary/aromatic N) is 2. The summed E-state index contributed by atoms with van der Waals surface area (Å²) < 4.78 is 5.69. The van der Waals surface area contributed by atoms with E-state index in [2.05, 4.69) is 27.2 Å². The van der Waals surface area contributed by atoms with Crippen molar-refractivity contribution < 1.29 is 9.53 Å². The number of carbonyl (C=O) groups excluding carboxylic acids is 1. The molecular formula is C19H26ClN3O2. The number of piperidine rings is 1. The fourth-order valence-electron chi connectivity index (χ4n) is 4.46. The van der Waals surface area contributed by atoms with Gasteiger partial charge in [-0.25, -0.2) is 0 Å². The van der Waals surface area contributed by atoms with Crippen LogP contribution in [0, 0.1) is 0 Å². The molecule has 5 nitrogen and oxygen atoms in total. The Morgan fingerprint density at radius 3 is 2.68 bits per heavy atom. The zero-order valence-electron chi connectivity index (χ0n) is 14.5. The number of rotatable bonds is 3. The Hall–Kier alpha value is -1.14. The standard InChI is InChI=1S/C19H26ClN3O2/c20-16-3-1-15(2-4-16)11-22-8-5-17(6-9-22)23-12-18(24)21-13-19(23)7-10-25-14-19/h1-4,17H,5-14H2,(H,21,24). The second kappa shape index (κ2) is 7.23. The SMILES string of the molecule is O=C1CN(C2CCN(Cc3ccc(Cl)cc3)CC2)C2(CCOC2)CN1. The highest BCUT2D eigenvalue weighted by atomic mass is 35.5. The number of hydrogen-bond acceptors (Lipinski definition) is 4. The highest BCUT2D eigenvalue weighted by molar-refractivity contribution is 6.30. The minimum Gasteiger partial charge on any atom is -0.379 e. The molecule has 3 heterocycles. The normalized spacial score (nSPS) is 29.2. The highest BCUT2D eigenvalue weighted by Crippen LogP contribution is 2.33. The summed E-state index contributed by atoms with van der Waals surface area (Å²) in [7, 11) is 0. The van der Waals surface area contributed by atoms with E-state index < -0.39 is 0 Å². The summed E-state index contributed by atoms with van der Waals surface area (Å²) in [5.74, 6) is 0.154. The maximum absolute atomic E-state index is 12.0. The molecule has 1 atom stereocenters. The Labute approximate surface area is 154 Å². The highest BCUT2D eigenvalue weighted by Gasteiger charge is 2.47. The average molecular weight is 364 g/mol. The number of ether oxygens (including phenoxy) is 1. The molecule has 1 aromatic carbocycles. The Kier molecular flexibility index (Phi) is 5.00. The summed E-state index contributed by atoms with van der Waals surface area (Å²) in [5, 5.41) is 3.83. The van der Waals surface area contributed by atoms with Crippen LogP contribution in [0.5, 0.6) is 0 Å². The van der Waals surface area contributed by atoms with E-state index >= 15 is 0 Å². The second-order valence-electron chi connectivity index (χ2n) is 7.57. The van der Waals surface area contributed by atoms with E-state index in [-0.39, 0.29) is 11.4 Å². The third kappa shape index (κ3) is 3.70. The summed E-state index contributed by atoms with van der Waals surface area (Å²) in [4.78, 5) is 16.9. The Morgan fingerprint density at radius 2 is 2.00 bits per heavy atom. The molecule has 3 saturated heterocycles. The molecule has 1 unspecified atom stereocenters. The molecule has 136 valence electrons. The Balaban J connectivity index is 1.37. The number of hydrogen-bond donors (Lipinski definition) is 1. The van der Waals surface area contributed by atoms with E-state index in [1.807, 2.05) is 12.1 Å². The molecule has 0 aliphatic carbocycles. The lowest BCUT2D eigenvalue weighted by molar-refractivity contribution is -0.131. The summed E-state index contributed by atoms with van der Waals surface area (Å²) in [6, 6.07) is 8.61. The van der Waals surface area contributed by atoms with Gasteiger partial charge >= 0.3 is 0 Å². The van der Waals surface area contributed by atoms with Crippen LogP contribution in [0.1, 0.15) is 24.8 Å². The molecule has 0 aromatic heterocycles. The predicted octanol–water partition coefficient (Wildman–Crippen LogP) is 1.90. The molecule has 3 aliphatic rings. The molecule has 0 bridgehead atoms. The van der Waals surface area contributed by atoms with Crippen LogP contribution in [-0.2, 0) is 16.1 Å². The molecule has 1 aromatic rings. The van der Waals surface area contributed by atoms with Crippen LogP contribution in [0.2, 0.25) is 5.02 Å². The first-order valence-corrected chi connectivity index (χ1v) is 9.60. The van der Waals surface area contributed by atoms with E-state index in [0.29, 0.717) is 12.6 Å². The maximum atomic E-state index is 12.0. The van der Waals surface area contributed by atoms with Gasteiger partial charge in [-0.2, -0.15) is 0 Å². The first-order chi connectivity index (χ1) is 12.1. The lowest BCUT2D eigenvalue weighted by Crippen LogP contribution is -2.67. The van der Waals surface area contributed by atoms with Crippen LogP contribution in [0.4, 0.5) is 0 Å². The van der Waals surface area contributed by atoms with Crippen LogP contribution < -0.4 is 5.32 Å². The number of halogens is 1. The van der Waals surface area contributed by atoms with Gasteiger partial charge in [0, 0.05) is 30.8 Å². The van der Waals surface area contributed by atoms with Gasteiger partial charge in [0.1, 0.15) is 0 Å². The van der Waals surface area contributed by atoms with Crippen molar-refractivity contribution in [1.82, 2.24) is 15.1 Å². The van der Waals surface area contributed by atoms with Crippen molar-refractivity contribution in [2.24, 2.45) is 0 Å². The van der Waals surface area contributed by atoms with Gasteiger partial charge in [-0.1, -0.05) is 23.7 Å². The molecule has 3 aliphatic heterocycles. The largest absolute Gasteiger partial charge is 0.379 e. The summed E-state index contributed by atoms with van der Waals surface area (Å²) in [6.45, 7) is 5.92. The van der Waals surface area contributed by atoms with Crippen molar-refractivity contribution in [1.29, 1.82) is 0 Å². The van der Waals surface area contributed by atoms with Gasteiger partial charge in [0.05, 0.1) is 18.7 Å². The van der Waals surface area contributed by atoms with Crippen molar-refractivity contribution in [2.45, 2.75) is 37.4 Å². The molecule has 4 rings (SSSR count). The van der Waals surface area contributed by atoms with Crippen molar-refractivity contribution in [3.63, 3.8) is 0 Å². The number of benzene rings is 1. The molecule has 6 heteroatoms. The quantitative estimate of drug-likeness (QED) is 0.890. The van der Waals surface area contributed by atoms with Crippen LogP contribution in [-0.4, -0.2) is 66.7 Å². The summed E-state index contributed by atoms with van der Waals surface area (Å²) >= 11 is 5.97. The van der Waals surface area contributed by atoms with Gasteiger partial charge in [-0.3, -0.25) is 14.6 Å². The van der Waals surface area contributed by atoms with E-state index in [4.69, 9.17) is 16.3 Å². The van der Waals surface area contributed by atoms with E-state index in [1.165, 1.54) is 5.56 Å². The molecule has 1 amide bonds. The van der Waals surface area contributed by atoms with Gasteiger partial charge in [0.25, 0.3) is 0 Å². The topological polar surface area (TPSA) is 44.8 Å². The minimum atomic E-state index is 0.0247. The maximum Gasteiger partial charge on any atom is 0.234 e. The minimum absolute atomic E-state index is 0.0247. The average Bonchev–Trinajstić information content (AvgIpc) is 3.09. The van der Waals surface area contributed by atoms with Crippen LogP contribution in [0.3, 0.4) is 0 Å². The zero-order valence-corrected chi connectivity index (χ0v) is 15.3. The third-order valence-corrected chi connectivity index (χ3v) is 6.19. The molecule has 25 heavy (non-hydrogen) atoms. The van der Waals surface area contributed by atoms with Gasteiger partial charge in [0.15, 0.2) is 0 Å². The number of carbonyl (C=O) groups is 1.